The SMILES string of the molecule is C=N/C=C\C(=NC)N(C)c1cnnc(NC)c1. The van der Waals surface area contributed by atoms with E-state index in [1.54, 1.807) is 32.6 Å². The van der Waals surface area contributed by atoms with E-state index in [1.807, 2.05) is 18.0 Å². The number of hydrogen-bond donors (Lipinski definition) is 1. The molecule has 0 amide bonds. The molecule has 6 nitrogen and oxygen atoms in total. The minimum absolute atomic E-state index is 0.704. The highest BCUT2D eigenvalue weighted by Gasteiger charge is 2.06. The first kappa shape index (κ1) is 12.8. The fraction of sp³-hybridized carbons (Fsp3) is 0.273. The largest absolute Gasteiger partial charge is 0.372 e. The zero-order valence-corrected chi connectivity index (χ0v) is 10.3. The van der Waals surface area contributed by atoms with Gasteiger partial charge < -0.3 is 10.2 Å². The molecule has 0 saturated carbocycles. The van der Waals surface area contributed by atoms with Crippen LogP contribution in [0.4, 0.5) is 11.5 Å². The lowest BCUT2D eigenvalue weighted by Gasteiger charge is -2.18. The van der Waals surface area contributed by atoms with Crippen molar-refractivity contribution in [1.29, 1.82) is 0 Å². The van der Waals surface area contributed by atoms with Crippen LogP contribution in [-0.4, -0.2) is 43.9 Å². The van der Waals surface area contributed by atoms with Crippen LogP contribution < -0.4 is 10.2 Å². The lowest BCUT2D eigenvalue weighted by atomic mass is 10.3. The van der Waals surface area contributed by atoms with Gasteiger partial charge in [-0.25, -0.2) is 0 Å². The van der Waals surface area contributed by atoms with Gasteiger partial charge in [-0.15, -0.1) is 5.10 Å². The molecule has 0 fully saturated rings. The molecule has 6 heteroatoms. The molecule has 17 heavy (non-hydrogen) atoms. The van der Waals surface area contributed by atoms with Crippen LogP contribution in [0.3, 0.4) is 0 Å². The van der Waals surface area contributed by atoms with Gasteiger partial charge in [-0.1, -0.05) is 0 Å². The van der Waals surface area contributed by atoms with Crippen LogP contribution in [-0.2, 0) is 0 Å². The molecule has 90 valence electrons. The van der Waals surface area contributed by atoms with Crippen molar-refractivity contribution in [2.45, 2.75) is 0 Å². The summed E-state index contributed by atoms with van der Waals surface area (Å²) in [5.74, 6) is 1.46. The Labute approximate surface area is 101 Å². The zero-order chi connectivity index (χ0) is 12.7. The van der Waals surface area contributed by atoms with Gasteiger partial charge in [0.15, 0.2) is 0 Å². The van der Waals surface area contributed by atoms with E-state index in [-0.39, 0.29) is 0 Å². The molecule has 1 aromatic heterocycles. The van der Waals surface area contributed by atoms with Crippen LogP contribution in [0.5, 0.6) is 0 Å². The normalized spacial score (nSPS) is 11.6. The number of anilines is 2. The van der Waals surface area contributed by atoms with Crippen molar-refractivity contribution >= 4 is 24.1 Å². The highest BCUT2D eigenvalue weighted by atomic mass is 15.2. The smallest absolute Gasteiger partial charge is 0.150 e. The van der Waals surface area contributed by atoms with Crippen LogP contribution in [0.2, 0.25) is 0 Å². The van der Waals surface area contributed by atoms with Gasteiger partial charge in [-0.3, -0.25) is 9.98 Å². The van der Waals surface area contributed by atoms with E-state index in [0.717, 1.165) is 11.5 Å². The van der Waals surface area contributed by atoms with Gasteiger partial charge in [-0.05, 0) is 12.8 Å². The molecule has 0 aliphatic rings. The van der Waals surface area contributed by atoms with E-state index in [2.05, 4.69) is 32.2 Å². The predicted octanol–water partition coefficient (Wildman–Crippen LogP) is 1.20. The van der Waals surface area contributed by atoms with Crippen molar-refractivity contribution in [3.8, 4) is 0 Å². The van der Waals surface area contributed by atoms with Crippen molar-refractivity contribution < 1.29 is 0 Å². The van der Waals surface area contributed by atoms with Crippen LogP contribution in [0, 0.1) is 0 Å². The molecule has 0 unspecified atom stereocenters. The maximum Gasteiger partial charge on any atom is 0.150 e. The lowest BCUT2D eigenvalue weighted by molar-refractivity contribution is 1.02. The van der Waals surface area contributed by atoms with Gasteiger partial charge in [0.05, 0.1) is 11.9 Å². The summed E-state index contributed by atoms with van der Waals surface area (Å²) in [6, 6.07) is 1.88. The Hall–Kier alpha value is -2.24. The second kappa shape index (κ2) is 6.37. The minimum atomic E-state index is 0.704. The Balaban J connectivity index is 2.97. The third-order valence-corrected chi connectivity index (χ3v) is 2.19. The zero-order valence-electron chi connectivity index (χ0n) is 10.3. The average molecular weight is 232 g/mol. The number of nitrogens with one attached hydrogen (secondary N) is 1. The van der Waals surface area contributed by atoms with Crippen LogP contribution >= 0.6 is 0 Å². The molecule has 1 aromatic rings. The number of likely N-dealkylation sites (N-methyl/N-ethyl adjacent to an activating group) is 1. The van der Waals surface area contributed by atoms with Crippen molar-refractivity contribution in [2.75, 3.05) is 31.4 Å². The summed E-state index contributed by atoms with van der Waals surface area (Å²) < 4.78 is 0. The molecule has 1 rings (SSSR count). The first-order chi connectivity index (χ1) is 8.22. The summed E-state index contributed by atoms with van der Waals surface area (Å²) >= 11 is 0. The molecule has 0 bridgehead atoms. The van der Waals surface area contributed by atoms with E-state index in [9.17, 15) is 0 Å². The maximum absolute atomic E-state index is 4.16. The summed E-state index contributed by atoms with van der Waals surface area (Å²) in [6.45, 7) is 3.38. The van der Waals surface area contributed by atoms with E-state index in [1.165, 1.54) is 0 Å². The molecule has 0 spiro atoms. The van der Waals surface area contributed by atoms with Gasteiger partial charge >= 0.3 is 0 Å². The fourth-order valence-electron chi connectivity index (χ4n) is 1.25. The predicted molar refractivity (Wildman–Crippen MR) is 72.0 cm³/mol. The molecule has 0 aliphatic heterocycles. The highest BCUT2D eigenvalue weighted by molar-refractivity contribution is 6.05. The number of nitrogens with zero attached hydrogens (tertiary/aromatic N) is 5. The fourth-order valence-corrected chi connectivity index (χ4v) is 1.25. The third kappa shape index (κ3) is 3.37. The van der Waals surface area contributed by atoms with E-state index < -0.39 is 0 Å². The Bertz CT molecular complexity index is 437. The first-order valence-electron chi connectivity index (χ1n) is 5.06. The first-order valence-corrected chi connectivity index (χ1v) is 5.06. The number of amidine groups is 1. The third-order valence-electron chi connectivity index (χ3n) is 2.19. The molecule has 0 aromatic carbocycles. The second-order valence-corrected chi connectivity index (χ2v) is 3.19. The lowest BCUT2D eigenvalue weighted by Crippen LogP contribution is -2.24. The van der Waals surface area contributed by atoms with Gasteiger partial charge in [-0.2, -0.15) is 5.10 Å². The Morgan fingerprint density at radius 2 is 2.35 bits per heavy atom. The molecule has 1 heterocycles. The standard InChI is InChI=1S/C11H16N6/c1-12-6-5-11(14-3)17(4)9-7-10(13-2)16-15-8-9/h5-8H,1H2,2-4H3,(H,13,16)/b6-5-,14-11?. The number of hydrogen-bond acceptors (Lipinski definition) is 5. The molecule has 1 N–H and O–H groups in total. The monoisotopic (exact) mass is 232 g/mol. The van der Waals surface area contributed by atoms with Crippen molar-refractivity contribution in [3.63, 3.8) is 0 Å². The maximum atomic E-state index is 4.16. The Kier molecular flexibility index (Phi) is 4.80. The van der Waals surface area contributed by atoms with Gasteiger partial charge in [0, 0.05) is 33.4 Å². The van der Waals surface area contributed by atoms with Crippen molar-refractivity contribution in [3.05, 3.63) is 24.5 Å². The summed E-state index contributed by atoms with van der Waals surface area (Å²) in [5.41, 5.74) is 0.888. The quantitative estimate of drug-likeness (QED) is 0.625. The highest BCUT2D eigenvalue weighted by Crippen LogP contribution is 2.14. The molecular formula is C11H16N6. The van der Waals surface area contributed by atoms with Crippen LogP contribution in [0.25, 0.3) is 0 Å². The van der Waals surface area contributed by atoms with Crippen molar-refractivity contribution in [1.82, 2.24) is 10.2 Å². The van der Waals surface area contributed by atoms with Crippen LogP contribution in [0.1, 0.15) is 0 Å². The second-order valence-electron chi connectivity index (χ2n) is 3.19. The van der Waals surface area contributed by atoms with E-state index >= 15 is 0 Å². The summed E-state index contributed by atoms with van der Waals surface area (Å²) in [5, 5.41) is 10.8. The molecule has 0 radical (unpaired) electrons. The van der Waals surface area contributed by atoms with Gasteiger partial charge in [0.1, 0.15) is 11.7 Å². The number of aromatic nitrogens is 2. The summed E-state index contributed by atoms with van der Waals surface area (Å²) in [4.78, 5) is 9.70. The number of rotatable bonds is 4. The van der Waals surface area contributed by atoms with E-state index in [0.29, 0.717) is 5.82 Å². The summed E-state index contributed by atoms with van der Waals surface area (Å²) in [7, 11) is 5.41. The average Bonchev–Trinajstić information content (AvgIpc) is 2.39. The van der Waals surface area contributed by atoms with Gasteiger partial charge in [0.2, 0.25) is 0 Å². The molecular weight excluding hydrogens is 216 g/mol. The Morgan fingerprint density at radius 3 is 2.94 bits per heavy atom. The molecule has 0 atom stereocenters. The summed E-state index contributed by atoms with van der Waals surface area (Å²) in [6.07, 6.45) is 5.03. The molecule has 0 aliphatic carbocycles. The topological polar surface area (TPSA) is 65.8 Å². The number of aliphatic imine (C=N–C) groups is 2. The Morgan fingerprint density at radius 1 is 1.59 bits per heavy atom. The van der Waals surface area contributed by atoms with Gasteiger partial charge in [0.25, 0.3) is 0 Å². The molecule has 0 saturated heterocycles. The van der Waals surface area contributed by atoms with Crippen molar-refractivity contribution in [2.24, 2.45) is 9.98 Å². The minimum Gasteiger partial charge on any atom is -0.372 e. The van der Waals surface area contributed by atoms with E-state index in [4.69, 9.17) is 0 Å². The van der Waals surface area contributed by atoms with Crippen LogP contribution in [0.15, 0.2) is 34.5 Å².